The van der Waals surface area contributed by atoms with Crippen LogP contribution in [-0.2, 0) is 6.42 Å². The first-order chi connectivity index (χ1) is 9.22. The minimum atomic E-state index is -0.372. The van der Waals surface area contributed by atoms with Gasteiger partial charge < -0.3 is 10.5 Å². The minimum absolute atomic E-state index is 0.231. The molecule has 0 saturated heterocycles. The third kappa shape index (κ3) is 3.29. The van der Waals surface area contributed by atoms with E-state index < -0.39 is 0 Å². The average molecular weight is 260 g/mol. The molecule has 0 bridgehead atoms. The van der Waals surface area contributed by atoms with Crippen LogP contribution in [0.15, 0.2) is 42.7 Å². The second-order valence-electron chi connectivity index (χ2n) is 4.37. The van der Waals surface area contributed by atoms with Crippen LogP contribution in [0.5, 0.6) is 5.75 Å². The molecule has 2 N–H and O–H groups in total. The Balaban J connectivity index is 2.06. The Morgan fingerprint density at radius 1 is 1.32 bits per heavy atom. The molecule has 1 heterocycles. The van der Waals surface area contributed by atoms with E-state index in [9.17, 15) is 4.39 Å². The average Bonchev–Trinajstić information content (AvgIpc) is 2.46. The van der Waals surface area contributed by atoms with Crippen molar-refractivity contribution in [2.75, 3.05) is 7.11 Å². The lowest BCUT2D eigenvalue weighted by Gasteiger charge is -2.14. The van der Waals surface area contributed by atoms with Crippen LogP contribution in [0.1, 0.15) is 23.6 Å². The maximum atomic E-state index is 14.0. The van der Waals surface area contributed by atoms with E-state index in [2.05, 4.69) is 4.98 Å². The van der Waals surface area contributed by atoms with Crippen LogP contribution < -0.4 is 10.5 Å². The van der Waals surface area contributed by atoms with Gasteiger partial charge in [-0.3, -0.25) is 4.98 Å². The molecular formula is C15H17FN2O. The lowest BCUT2D eigenvalue weighted by atomic mass is 10.00. The molecule has 0 aliphatic carbocycles. The van der Waals surface area contributed by atoms with E-state index in [0.717, 1.165) is 12.0 Å². The molecule has 100 valence electrons. The summed E-state index contributed by atoms with van der Waals surface area (Å²) in [6.07, 6.45) is 4.96. The summed E-state index contributed by atoms with van der Waals surface area (Å²) in [5.74, 6) is -0.141. The van der Waals surface area contributed by atoms with Gasteiger partial charge in [-0.2, -0.15) is 0 Å². The number of hydrogen-bond donors (Lipinski definition) is 1. The van der Waals surface area contributed by atoms with E-state index in [1.165, 1.54) is 7.11 Å². The molecule has 19 heavy (non-hydrogen) atoms. The van der Waals surface area contributed by atoms with Crippen LogP contribution in [0, 0.1) is 5.82 Å². The molecule has 0 spiro atoms. The Morgan fingerprint density at radius 3 is 2.84 bits per heavy atom. The van der Waals surface area contributed by atoms with Gasteiger partial charge in [0, 0.05) is 24.0 Å². The first kappa shape index (κ1) is 13.5. The first-order valence-corrected chi connectivity index (χ1v) is 6.19. The van der Waals surface area contributed by atoms with Gasteiger partial charge in [0.05, 0.1) is 7.11 Å². The SMILES string of the molecule is COc1cccc(C(N)CCc2cccnc2)c1F. The number of pyridine rings is 1. The summed E-state index contributed by atoms with van der Waals surface area (Å²) in [6, 6.07) is 8.56. The number of aromatic nitrogens is 1. The zero-order valence-electron chi connectivity index (χ0n) is 10.8. The van der Waals surface area contributed by atoms with Crippen LogP contribution in [-0.4, -0.2) is 12.1 Å². The summed E-state index contributed by atoms with van der Waals surface area (Å²) in [5.41, 5.74) is 7.64. The Morgan fingerprint density at radius 2 is 2.16 bits per heavy atom. The normalized spacial score (nSPS) is 12.2. The molecule has 1 unspecified atom stereocenters. The summed E-state index contributed by atoms with van der Waals surface area (Å²) >= 11 is 0. The lowest BCUT2D eigenvalue weighted by Crippen LogP contribution is -2.13. The third-order valence-electron chi connectivity index (χ3n) is 3.08. The Hall–Kier alpha value is -1.94. The topological polar surface area (TPSA) is 48.1 Å². The van der Waals surface area contributed by atoms with Gasteiger partial charge in [0.25, 0.3) is 0 Å². The van der Waals surface area contributed by atoms with E-state index in [-0.39, 0.29) is 17.6 Å². The second-order valence-corrected chi connectivity index (χ2v) is 4.37. The van der Waals surface area contributed by atoms with Gasteiger partial charge in [-0.05, 0) is 30.5 Å². The monoisotopic (exact) mass is 260 g/mol. The number of methoxy groups -OCH3 is 1. The van der Waals surface area contributed by atoms with E-state index in [1.54, 1.807) is 30.6 Å². The van der Waals surface area contributed by atoms with Crippen molar-refractivity contribution in [3.63, 3.8) is 0 Å². The van der Waals surface area contributed by atoms with E-state index in [4.69, 9.17) is 10.5 Å². The fraction of sp³-hybridized carbons (Fsp3) is 0.267. The molecule has 2 rings (SSSR count). The number of benzene rings is 1. The summed E-state index contributed by atoms with van der Waals surface area (Å²) in [4.78, 5) is 4.05. The Bertz CT molecular complexity index is 531. The molecule has 2 aromatic rings. The molecular weight excluding hydrogens is 243 g/mol. The van der Waals surface area contributed by atoms with E-state index in [1.807, 2.05) is 12.1 Å². The number of ether oxygens (including phenoxy) is 1. The van der Waals surface area contributed by atoms with Gasteiger partial charge in [-0.1, -0.05) is 18.2 Å². The molecule has 3 nitrogen and oxygen atoms in total. The lowest BCUT2D eigenvalue weighted by molar-refractivity contribution is 0.381. The maximum absolute atomic E-state index is 14.0. The van der Waals surface area contributed by atoms with Crippen molar-refractivity contribution in [1.82, 2.24) is 4.98 Å². The zero-order valence-corrected chi connectivity index (χ0v) is 10.8. The largest absolute Gasteiger partial charge is 0.494 e. The van der Waals surface area contributed by atoms with Gasteiger partial charge >= 0.3 is 0 Å². The molecule has 1 atom stereocenters. The van der Waals surface area contributed by atoms with Crippen molar-refractivity contribution >= 4 is 0 Å². The molecule has 0 aliphatic rings. The smallest absolute Gasteiger partial charge is 0.169 e. The molecule has 0 radical (unpaired) electrons. The summed E-state index contributed by atoms with van der Waals surface area (Å²) in [7, 11) is 1.45. The number of aryl methyl sites for hydroxylation is 1. The van der Waals surface area contributed by atoms with Crippen LogP contribution in [0.2, 0.25) is 0 Å². The maximum Gasteiger partial charge on any atom is 0.169 e. The Kier molecular flexibility index (Phi) is 4.47. The van der Waals surface area contributed by atoms with Gasteiger partial charge in [0.15, 0.2) is 11.6 Å². The number of rotatable bonds is 5. The van der Waals surface area contributed by atoms with Crippen molar-refractivity contribution in [3.05, 3.63) is 59.7 Å². The fourth-order valence-electron chi connectivity index (χ4n) is 2.00. The molecule has 4 heteroatoms. The summed E-state index contributed by atoms with van der Waals surface area (Å²) in [5, 5.41) is 0. The highest BCUT2D eigenvalue weighted by Crippen LogP contribution is 2.26. The predicted octanol–water partition coefficient (Wildman–Crippen LogP) is 2.86. The first-order valence-electron chi connectivity index (χ1n) is 6.19. The molecule has 0 fully saturated rings. The highest BCUT2D eigenvalue weighted by Gasteiger charge is 2.14. The van der Waals surface area contributed by atoms with Crippen LogP contribution in [0.3, 0.4) is 0 Å². The highest BCUT2D eigenvalue weighted by molar-refractivity contribution is 5.33. The van der Waals surface area contributed by atoms with Crippen molar-refractivity contribution in [2.45, 2.75) is 18.9 Å². The molecule has 1 aromatic carbocycles. The van der Waals surface area contributed by atoms with Gasteiger partial charge in [-0.15, -0.1) is 0 Å². The fourth-order valence-corrected chi connectivity index (χ4v) is 2.00. The summed E-state index contributed by atoms with van der Waals surface area (Å²) < 4.78 is 19.0. The van der Waals surface area contributed by atoms with Crippen LogP contribution in [0.4, 0.5) is 4.39 Å². The van der Waals surface area contributed by atoms with E-state index >= 15 is 0 Å². The van der Waals surface area contributed by atoms with Crippen molar-refractivity contribution in [3.8, 4) is 5.75 Å². The predicted molar refractivity (Wildman–Crippen MR) is 72.4 cm³/mol. The third-order valence-corrected chi connectivity index (χ3v) is 3.08. The number of nitrogens with two attached hydrogens (primary N) is 1. The van der Waals surface area contributed by atoms with Crippen molar-refractivity contribution in [1.29, 1.82) is 0 Å². The Labute approximate surface area is 112 Å². The van der Waals surface area contributed by atoms with Gasteiger partial charge in [0.2, 0.25) is 0 Å². The molecule has 0 aliphatic heterocycles. The van der Waals surface area contributed by atoms with Crippen LogP contribution >= 0.6 is 0 Å². The van der Waals surface area contributed by atoms with E-state index in [0.29, 0.717) is 12.0 Å². The van der Waals surface area contributed by atoms with Crippen molar-refractivity contribution < 1.29 is 9.13 Å². The van der Waals surface area contributed by atoms with Crippen molar-refractivity contribution in [2.24, 2.45) is 5.73 Å². The second kappa shape index (κ2) is 6.29. The summed E-state index contributed by atoms with van der Waals surface area (Å²) in [6.45, 7) is 0. The minimum Gasteiger partial charge on any atom is -0.494 e. The van der Waals surface area contributed by atoms with Crippen LogP contribution in [0.25, 0.3) is 0 Å². The number of halogens is 1. The molecule has 0 amide bonds. The molecule has 0 saturated carbocycles. The van der Waals surface area contributed by atoms with Gasteiger partial charge in [0.1, 0.15) is 0 Å². The zero-order chi connectivity index (χ0) is 13.7. The highest BCUT2D eigenvalue weighted by atomic mass is 19.1. The molecule has 1 aromatic heterocycles. The standard InChI is InChI=1S/C15H17FN2O/c1-19-14-6-2-5-12(15(14)16)13(17)8-7-11-4-3-9-18-10-11/h2-6,9-10,13H,7-8,17H2,1H3. The quantitative estimate of drug-likeness (QED) is 0.899. The van der Waals surface area contributed by atoms with Gasteiger partial charge in [-0.25, -0.2) is 4.39 Å². The number of hydrogen-bond acceptors (Lipinski definition) is 3. The number of nitrogens with zero attached hydrogens (tertiary/aromatic N) is 1.